The Hall–Kier alpha value is -2.86. The molecule has 0 saturated heterocycles. The number of carbonyl (C=O) groups excluding carboxylic acids is 1. The number of rotatable bonds is 6. The van der Waals surface area contributed by atoms with Gasteiger partial charge in [-0.3, -0.25) is 9.10 Å². The number of nitrogens with zero attached hydrogens (tertiary/aromatic N) is 1. The fourth-order valence-corrected chi connectivity index (χ4v) is 8.30. The zero-order valence-electron chi connectivity index (χ0n) is 20.1. The van der Waals surface area contributed by atoms with Crippen LogP contribution in [0, 0.1) is 17.8 Å². The van der Waals surface area contributed by atoms with Crippen LogP contribution in [0.15, 0.2) is 66.7 Å². The summed E-state index contributed by atoms with van der Waals surface area (Å²) in [5.74, 6) is 2.20. The van der Waals surface area contributed by atoms with E-state index in [-0.39, 0.29) is 17.9 Å². The van der Waals surface area contributed by atoms with Crippen molar-refractivity contribution >= 4 is 38.1 Å². The first-order valence-corrected chi connectivity index (χ1v) is 14.5. The van der Waals surface area contributed by atoms with E-state index in [2.05, 4.69) is 17.4 Å². The van der Waals surface area contributed by atoms with Crippen molar-refractivity contribution in [1.82, 2.24) is 0 Å². The van der Waals surface area contributed by atoms with Gasteiger partial charge in [0.25, 0.3) is 0 Å². The molecule has 4 aliphatic rings. The van der Waals surface area contributed by atoms with Crippen molar-refractivity contribution in [3.63, 3.8) is 0 Å². The highest BCUT2D eigenvalue weighted by Gasteiger charge is 2.51. The molecule has 3 aromatic carbocycles. The van der Waals surface area contributed by atoms with Gasteiger partial charge in [0.15, 0.2) is 0 Å². The molecule has 0 atom stereocenters. The first-order chi connectivity index (χ1) is 16.8. The van der Waals surface area contributed by atoms with Crippen LogP contribution < -0.4 is 9.62 Å². The van der Waals surface area contributed by atoms with Gasteiger partial charge in [-0.05, 0) is 102 Å². The second-order valence-electron chi connectivity index (χ2n) is 11.1. The topological polar surface area (TPSA) is 66.5 Å². The molecule has 182 valence electrons. The Morgan fingerprint density at radius 2 is 1.49 bits per heavy atom. The Kier molecular flexibility index (Phi) is 5.40. The van der Waals surface area contributed by atoms with E-state index in [0.29, 0.717) is 11.4 Å². The van der Waals surface area contributed by atoms with E-state index < -0.39 is 10.0 Å². The van der Waals surface area contributed by atoms with E-state index in [1.54, 1.807) is 0 Å². The number of hydrogen-bond donors (Lipinski definition) is 1. The van der Waals surface area contributed by atoms with Crippen molar-refractivity contribution in [1.29, 1.82) is 0 Å². The van der Waals surface area contributed by atoms with E-state index in [1.165, 1.54) is 48.4 Å². The van der Waals surface area contributed by atoms with Crippen LogP contribution in [0.1, 0.15) is 44.1 Å². The number of amides is 1. The summed E-state index contributed by atoms with van der Waals surface area (Å²) in [7, 11) is -3.63. The van der Waals surface area contributed by atoms with Crippen molar-refractivity contribution in [2.75, 3.05) is 22.4 Å². The summed E-state index contributed by atoms with van der Waals surface area (Å²) in [5, 5.41) is 4.97. The number of nitrogens with one attached hydrogen (secondary N) is 1. The predicted molar refractivity (Wildman–Crippen MR) is 141 cm³/mol. The maximum Gasteiger partial charge on any atom is 0.245 e. The third kappa shape index (κ3) is 4.33. The van der Waals surface area contributed by atoms with Crippen molar-refractivity contribution in [2.24, 2.45) is 17.8 Å². The highest BCUT2D eigenvalue weighted by molar-refractivity contribution is 7.92. The molecule has 4 bridgehead atoms. The molecule has 1 amide bonds. The highest BCUT2D eigenvalue weighted by Crippen LogP contribution is 2.60. The first-order valence-electron chi connectivity index (χ1n) is 12.6. The van der Waals surface area contributed by atoms with Gasteiger partial charge in [-0.25, -0.2) is 8.42 Å². The van der Waals surface area contributed by atoms with Crippen LogP contribution in [0.2, 0.25) is 0 Å². The first kappa shape index (κ1) is 22.6. The SMILES string of the molecule is CS(=O)(=O)N(CC(=O)Nc1ccc2ccccc2c1)c1ccc(C23CC4CC(CC(C4)C2)C3)cc1. The van der Waals surface area contributed by atoms with Gasteiger partial charge in [0, 0.05) is 5.69 Å². The quantitative estimate of drug-likeness (QED) is 0.483. The molecule has 7 rings (SSSR count). The number of anilines is 2. The summed E-state index contributed by atoms with van der Waals surface area (Å²) in [6.07, 6.45) is 9.14. The average Bonchev–Trinajstić information content (AvgIpc) is 2.81. The van der Waals surface area contributed by atoms with E-state index in [1.807, 2.05) is 54.6 Å². The summed E-state index contributed by atoms with van der Waals surface area (Å²) in [6.45, 7) is -0.262. The summed E-state index contributed by atoms with van der Waals surface area (Å²) >= 11 is 0. The number of hydrogen-bond acceptors (Lipinski definition) is 3. The van der Waals surface area contributed by atoms with Gasteiger partial charge < -0.3 is 5.32 Å². The van der Waals surface area contributed by atoms with Crippen LogP contribution >= 0.6 is 0 Å². The third-order valence-corrected chi connectivity index (χ3v) is 9.67. The van der Waals surface area contributed by atoms with E-state index in [0.717, 1.165) is 34.8 Å². The molecule has 0 radical (unpaired) electrons. The summed E-state index contributed by atoms with van der Waals surface area (Å²) in [4.78, 5) is 12.9. The minimum atomic E-state index is -3.63. The van der Waals surface area contributed by atoms with Crippen molar-refractivity contribution < 1.29 is 13.2 Å². The Balaban J connectivity index is 1.21. The van der Waals surface area contributed by atoms with Crippen molar-refractivity contribution in [2.45, 2.75) is 43.9 Å². The monoisotopic (exact) mass is 488 g/mol. The molecule has 4 aliphatic carbocycles. The van der Waals surface area contributed by atoms with E-state index in [9.17, 15) is 13.2 Å². The van der Waals surface area contributed by atoms with Crippen molar-refractivity contribution in [3.05, 3.63) is 72.3 Å². The van der Waals surface area contributed by atoms with E-state index >= 15 is 0 Å². The van der Waals surface area contributed by atoms with Crippen LogP contribution in [-0.2, 0) is 20.2 Å². The Morgan fingerprint density at radius 3 is 2.09 bits per heavy atom. The predicted octanol–water partition coefficient (Wildman–Crippen LogP) is 5.71. The number of fused-ring (bicyclic) bond motifs is 1. The molecule has 35 heavy (non-hydrogen) atoms. The number of carbonyl (C=O) groups is 1. The number of sulfonamides is 1. The lowest BCUT2D eigenvalue weighted by molar-refractivity contribution is -0.114. The zero-order valence-corrected chi connectivity index (χ0v) is 20.9. The smallest absolute Gasteiger partial charge is 0.245 e. The van der Waals surface area contributed by atoms with Crippen LogP contribution in [0.3, 0.4) is 0 Å². The van der Waals surface area contributed by atoms with Crippen LogP contribution in [-0.4, -0.2) is 27.1 Å². The largest absolute Gasteiger partial charge is 0.324 e. The summed E-state index contributed by atoms with van der Waals surface area (Å²) < 4.78 is 26.5. The van der Waals surface area contributed by atoms with Gasteiger partial charge in [0.2, 0.25) is 15.9 Å². The normalized spacial score (nSPS) is 27.2. The molecule has 4 fully saturated rings. The van der Waals surface area contributed by atoms with Gasteiger partial charge >= 0.3 is 0 Å². The fraction of sp³-hybridized carbons (Fsp3) is 0.414. The minimum Gasteiger partial charge on any atom is -0.324 e. The minimum absolute atomic E-state index is 0.261. The van der Waals surface area contributed by atoms with Crippen molar-refractivity contribution in [3.8, 4) is 0 Å². The molecule has 0 unspecified atom stereocenters. The highest BCUT2D eigenvalue weighted by atomic mass is 32.2. The maximum absolute atomic E-state index is 12.9. The number of benzene rings is 3. The lowest BCUT2D eigenvalue weighted by Crippen LogP contribution is -2.48. The Labute approximate surface area is 207 Å². The van der Waals surface area contributed by atoms with E-state index in [4.69, 9.17) is 0 Å². The van der Waals surface area contributed by atoms with Crippen LogP contribution in [0.5, 0.6) is 0 Å². The fourth-order valence-electron chi connectivity index (χ4n) is 7.44. The van der Waals surface area contributed by atoms with Gasteiger partial charge in [-0.1, -0.05) is 42.5 Å². The van der Waals surface area contributed by atoms with Gasteiger partial charge in [0.1, 0.15) is 6.54 Å². The standard InChI is InChI=1S/C29H32N2O3S/c1-35(33,34)31(19-28(32)30-26-9-6-23-4-2-3-5-24(23)15-26)27-10-7-25(8-11-27)29-16-20-12-21(17-29)14-22(13-20)18-29/h2-11,15,20-22H,12-14,16-19H2,1H3,(H,30,32). The van der Waals surface area contributed by atoms with Gasteiger partial charge in [0.05, 0.1) is 11.9 Å². The molecule has 0 aromatic heterocycles. The molecule has 6 heteroatoms. The van der Waals surface area contributed by atoms with Gasteiger partial charge in [-0.15, -0.1) is 0 Å². The maximum atomic E-state index is 12.9. The second-order valence-corrected chi connectivity index (χ2v) is 13.0. The third-order valence-electron chi connectivity index (χ3n) is 8.53. The second kappa shape index (κ2) is 8.37. The molecular formula is C29H32N2O3S. The average molecular weight is 489 g/mol. The Morgan fingerprint density at radius 1 is 0.886 bits per heavy atom. The lowest BCUT2D eigenvalue weighted by atomic mass is 9.48. The molecule has 3 aromatic rings. The molecule has 0 heterocycles. The molecular weight excluding hydrogens is 456 g/mol. The molecule has 1 N–H and O–H groups in total. The van der Waals surface area contributed by atoms with Gasteiger partial charge in [-0.2, -0.15) is 0 Å². The molecule has 4 saturated carbocycles. The summed E-state index contributed by atoms with van der Waals surface area (Å²) in [6, 6.07) is 21.6. The van der Waals surface area contributed by atoms with Crippen LogP contribution in [0.25, 0.3) is 10.8 Å². The lowest BCUT2D eigenvalue weighted by Gasteiger charge is -2.57. The molecule has 0 aliphatic heterocycles. The molecule has 0 spiro atoms. The Bertz CT molecular complexity index is 1350. The van der Waals surface area contributed by atoms with Crippen LogP contribution in [0.4, 0.5) is 11.4 Å². The summed E-state index contributed by atoms with van der Waals surface area (Å²) in [5.41, 5.74) is 2.79. The molecule has 5 nitrogen and oxygen atoms in total. The zero-order chi connectivity index (χ0) is 24.2.